The highest BCUT2D eigenvalue weighted by molar-refractivity contribution is 8.00. The zero-order valence-corrected chi connectivity index (χ0v) is 21.3. The fraction of sp³-hybridized carbons (Fsp3) is 0.0370. The van der Waals surface area contributed by atoms with Crippen LogP contribution in [0.4, 0.5) is 11.4 Å². The van der Waals surface area contributed by atoms with Crippen LogP contribution >= 0.6 is 46.6 Å². The Hall–Kier alpha value is -2.96. The molecule has 0 saturated heterocycles. The van der Waals surface area contributed by atoms with E-state index in [0.717, 1.165) is 10.5 Å². The van der Waals surface area contributed by atoms with Gasteiger partial charge in [-0.3, -0.25) is 9.59 Å². The van der Waals surface area contributed by atoms with Gasteiger partial charge < -0.3 is 10.6 Å². The molecule has 35 heavy (non-hydrogen) atoms. The van der Waals surface area contributed by atoms with Crippen molar-refractivity contribution in [2.45, 2.75) is 10.1 Å². The van der Waals surface area contributed by atoms with Gasteiger partial charge in [0.25, 0.3) is 5.91 Å². The van der Waals surface area contributed by atoms with E-state index in [4.69, 9.17) is 34.8 Å². The molecule has 2 amide bonds. The molecule has 1 atom stereocenters. The lowest BCUT2D eigenvalue weighted by molar-refractivity contribution is -0.115. The van der Waals surface area contributed by atoms with Crippen molar-refractivity contribution in [3.63, 3.8) is 0 Å². The Morgan fingerprint density at radius 3 is 2.14 bits per heavy atom. The summed E-state index contributed by atoms with van der Waals surface area (Å²) in [4.78, 5) is 26.6. The molecule has 4 aromatic carbocycles. The molecule has 0 aliphatic carbocycles. The van der Waals surface area contributed by atoms with Gasteiger partial charge in [0.15, 0.2) is 0 Å². The first-order valence-corrected chi connectivity index (χ1v) is 12.5. The van der Waals surface area contributed by atoms with E-state index in [1.165, 1.54) is 11.8 Å². The quantitative estimate of drug-likeness (QED) is 0.231. The number of carbonyl (C=O) groups excluding carboxylic acids is 2. The van der Waals surface area contributed by atoms with Gasteiger partial charge >= 0.3 is 0 Å². The van der Waals surface area contributed by atoms with Crippen LogP contribution in [0.5, 0.6) is 0 Å². The molecule has 1 unspecified atom stereocenters. The number of rotatable bonds is 7. The van der Waals surface area contributed by atoms with Crippen molar-refractivity contribution >= 4 is 69.8 Å². The zero-order valence-electron chi connectivity index (χ0n) is 18.2. The molecule has 0 spiro atoms. The minimum Gasteiger partial charge on any atom is -0.323 e. The van der Waals surface area contributed by atoms with E-state index < -0.39 is 5.25 Å². The first kappa shape index (κ1) is 25.1. The largest absolute Gasteiger partial charge is 0.323 e. The van der Waals surface area contributed by atoms with E-state index in [9.17, 15) is 9.59 Å². The van der Waals surface area contributed by atoms with Gasteiger partial charge in [0.1, 0.15) is 5.25 Å². The third-order valence-electron chi connectivity index (χ3n) is 4.98. The Labute approximate surface area is 222 Å². The summed E-state index contributed by atoms with van der Waals surface area (Å²) in [7, 11) is 0. The molecular formula is C27H19Cl3N2O2S. The van der Waals surface area contributed by atoms with Crippen LogP contribution in [0.1, 0.15) is 21.2 Å². The SMILES string of the molecule is O=C(Nc1ccc(SC(C(=O)Nc2cc(Cl)ccc2Cl)c2ccccc2)cc1)c1cccc(Cl)c1. The zero-order chi connectivity index (χ0) is 24.8. The normalized spacial score (nSPS) is 11.5. The van der Waals surface area contributed by atoms with Crippen molar-refractivity contribution in [1.82, 2.24) is 0 Å². The van der Waals surface area contributed by atoms with E-state index in [1.54, 1.807) is 54.6 Å². The topological polar surface area (TPSA) is 58.2 Å². The third kappa shape index (κ3) is 6.80. The first-order valence-electron chi connectivity index (χ1n) is 10.5. The highest BCUT2D eigenvalue weighted by Gasteiger charge is 2.23. The molecule has 8 heteroatoms. The van der Waals surface area contributed by atoms with Crippen LogP contribution in [-0.4, -0.2) is 11.8 Å². The minimum absolute atomic E-state index is 0.233. The van der Waals surface area contributed by atoms with Gasteiger partial charge in [0.05, 0.1) is 10.7 Å². The van der Waals surface area contributed by atoms with E-state index in [2.05, 4.69) is 10.6 Å². The average molecular weight is 542 g/mol. The van der Waals surface area contributed by atoms with Crippen LogP contribution in [0.15, 0.2) is 102 Å². The third-order valence-corrected chi connectivity index (χ3v) is 7.05. The number of anilines is 2. The Balaban J connectivity index is 1.50. The standard InChI is InChI=1S/C27H19Cl3N2O2S/c28-19-8-4-7-18(15-19)26(33)31-21-10-12-22(13-11-21)35-25(17-5-2-1-3-6-17)27(34)32-24-16-20(29)9-14-23(24)30/h1-16,25H,(H,31,33)(H,32,34). The Kier molecular flexibility index (Phi) is 8.37. The van der Waals surface area contributed by atoms with Crippen LogP contribution in [-0.2, 0) is 4.79 Å². The predicted molar refractivity (Wildman–Crippen MR) is 146 cm³/mol. The van der Waals surface area contributed by atoms with Gasteiger partial charge in [-0.2, -0.15) is 0 Å². The maximum Gasteiger partial charge on any atom is 0.255 e. The van der Waals surface area contributed by atoms with Crippen molar-refractivity contribution in [1.29, 1.82) is 0 Å². The number of amides is 2. The predicted octanol–water partition coefficient (Wildman–Crippen LogP) is 8.37. The Morgan fingerprint density at radius 2 is 1.43 bits per heavy atom. The maximum absolute atomic E-state index is 13.3. The number of nitrogens with one attached hydrogen (secondary N) is 2. The molecule has 0 saturated carbocycles. The maximum atomic E-state index is 13.3. The number of hydrogen-bond donors (Lipinski definition) is 2. The Morgan fingerprint density at radius 1 is 0.714 bits per heavy atom. The average Bonchev–Trinajstić information content (AvgIpc) is 2.86. The molecule has 0 heterocycles. The van der Waals surface area contributed by atoms with Crippen LogP contribution in [0.3, 0.4) is 0 Å². The van der Waals surface area contributed by atoms with Crippen LogP contribution in [0.25, 0.3) is 0 Å². The van der Waals surface area contributed by atoms with Gasteiger partial charge in [-0.1, -0.05) is 71.2 Å². The van der Waals surface area contributed by atoms with E-state index in [1.807, 2.05) is 42.5 Å². The van der Waals surface area contributed by atoms with E-state index in [0.29, 0.717) is 32.0 Å². The van der Waals surface area contributed by atoms with Crippen LogP contribution < -0.4 is 10.6 Å². The molecule has 0 aliphatic rings. The number of benzene rings is 4. The molecule has 0 bridgehead atoms. The number of halogens is 3. The number of hydrogen-bond acceptors (Lipinski definition) is 3. The summed E-state index contributed by atoms with van der Waals surface area (Å²) in [6.45, 7) is 0. The van der Waals surface area contributed by atoms with Crippen molar-refractivity contribution < 1.29 is 9.59 Å². The molecular weight excluding hydrogens is 523 g/mol. The number of thioether (sulfide) groups is 1. The molecule has 4 aromatic rings. The molecule has 4 rings (SSSR count). The molecule has 2 N–H and O–H groups in total. The summed E-state index contributed by atoms with van der Waals surface area (Å²) < 4.78 is 0. The molecule has 176 valence electrons. The monoisotopic (exact) mass is 540 g/mol. The van der Waals surface area contributed by atoms with Gasteiger partial charge in [0, 0.05) is 26.2 Å². The fourth-order valence-electron chi connectivity index (χ4n) is 3.28. The minimum atomic E-state index is -0.543. The number of carbonyl (C=O) groups is 2. The highest BCUT2D eigenvalue weighted by atomic mass is 35.5. The lowest BCUT2D eigenvalue weighted by Crippen LogP contribution is -2.19. The summed E-state index contributed by atoms with van der Waals surface area (Å²) in [5, 5.41) is 6.57. The van der Waals surface area contributed by atoms with Crippen molar-refractivity contribution in [3.05, 3.63) is 123 Å². The van der Waals surface area contributed by atoms with Crippen molar-refractivity contribution in [3.8, 4) is 0 Å². The van der Waals surface area contributed by atoms with Gasteiger partial charge in [0.2, 0.25) is 5.91 Å². The molecule has 0 radical (unpaired) electrons. The van der Waals surface area contributed by atoms with Crippen LogP contribution in [0.2, 0.25) is 15.1 Å². The second-order valence-electron chi connectivity index (χ2n) is 7.51. The molecule has 0 aliphatic heterocycles. The van der Waals surface area contributed by atoms with Gasteiger partial charge in [-0.05, 0) is 66.2 Å². The smallest absolute Gasteiger partial charge is 0.255 e. The lowest BCUT2D eigenvalue weighted by atomic mass is 10.1. The molecule has 0 aromatic heterocycles. The summed E-state index contributed by atoms with van der Waals surface area (Å²) in [5.41, 5.74) is 2.39. The van der Waals surface area contributed by atoms with E-state index in [-0.39, 0.29) is 11.8 Å². The van der Waals surface area contributed by atoms with Crippen LogP contribution in [0, 0.1) is 0 Å². The van der Waals surface area contributed by atoms with Crippen molar-refractivity contribution in [2.75, 3.05) is 10.6 Å². The summed E-state index contributed by atoms with van der Waals surface area (Å²) in [5.74, 6) is -0.489. The second kappa shape index (κ2) is 11.6. The Bertz CT molecular complexity index is 1350. The summed E-state index contributed by atoms with van der Waals surface area (Å²) in [6, 6.07) is 28.4. The fourth-order valence-corrected chi connectivity index (χ4v) is 4.83. The second-order valence-corrected chi connectivity index (χ2v) is 9.97. The molecule has 4 nitrogen and oxygen atoms in total. The van der Waals surface area contributed by atoms with E-state index >= 15 is 0 Å². The summed E-state index contributed by atoms with van der Waals surface area (Å²) >= 11 is 19.7. The van der Waals surface area contributed by atoms with Crippen molar-refractivity contribution in [2.24, 2.45) is 0 Å². The van der Waals surface area contributed by atoms with Gasteiger partial charge in [-0.15, -0.1) is 11.8 Å². The van der Waals surface area contributed by atoms with Gasteiger partial charge in [-0.25, -0.2) is 0 Å². The molecule has 0 fully saturated rings. The highest BCUT2D eigenvalue weighted by Crippen LogP contribution is 2.37. The first-order chi connectivity index (χ1) is 16.9. The summed E-state index contributed by atoms with van der Waals surface area (Å²) in [6.07, 6.45) is 0. The lowest BCUT2D eigenvalue weighted by Gasteiger charge is -2.18.